The number of benzene rings is 1. The van der Waals surface area contributed by atoms with Gasteiger partial charge in [0, 0.05) is 6.54 Å². The minimum atomic E-state index is -0.868. The van der Waals surface area contributed by atoms with E-state index in [1.807, 2.05) is 23.9 Å². The van der Waals surface area contributed by atoms with Gasteiger partial charge in [0.25, 0.3) is 0 Å². The van der Waals surface area contributed by atoms with Crippen molar-refractivity contribution in [3.8, 4) is 0 Å². The molecule has 92 valence electrons. The quantitative estimate of drug-likeness (QED) is 0.842. The first-order chi connectivity index (χ1) is 8.25. The monoisotopic (exact) mass is 251 g/mol. The predicted octanol–water partition coefficient (Wildman–Crippen LogP) is 2.23. The van der Waals surface area contributed by atoms with Crippen molar-refractivity contribution in [2.24, 2.45) is 5.92 Å². The van der Waals surface area contributed by atoms with Gasteiger partial charge in [-0.05, 0) is 48.1 Å². The summed E-state index contributed by atoms with van der Waals surface area (Å²) in [4.78, 5) is 10.7. The lowest BCUT2D eigenvalue weighted by atomic mass is 10.1. The van der Waals surface area contributed by atoms with Gasteiger partial charge in [-0.25, -0.2) is 4.79 Å². The fraction of sp³-hybridized carbons (Fsp3) is 0.462. The van der Waals surface area contributed by atoms with Crippen molar-refractivity contribution in [1.82, 2.24) is 5.32 Å². The molecule has 1 aromatic rings. The molecule has 4 heteroatoms. The van der Waals surface area contributed by atoms with Gasteiger partial charge in [0.1, 0.15) is 0 Å². The third-order valence-corrected chi connectivity index (χ3v) is 4.22. The van der Waals surface area contributed by atoms with Crippen LogP contribution < -0.4 is 5.32 Å². The van der Waals surface area contributed by atoms with E-state index in [-0.39, 0.29) is 0 Å². The van der Waals surface area contributed by atoms with Gasteiger partial charge in [0.2, 0.25) is 0 Å². The Bertz CT molecular complexity index is 372. The average molecular weight is 251 g/mol. The zero-order valence-electron chi connectivity index (χ0n) is 9.69. The third-order valence-electron chi connectivity index (χ3n) is 2.99. The Kier molecular flexibility index (Phi) is 4.45. The Morgan fingerprint density at radius 1 is 1.41 bits per heavy atom. The lowest BCUT2D eigenvalue weighted by molar-refractivity contribution is 0.0697. The summed E-state index contributed by atoms with van der Waals surface area (Å²) in [5.74, 6) is 2.50. The molecule has 0 bridgehead atoms. The fourth-order valence-electron chi connectivity index (χ4n) is 1.93. The standard InChI is InChI=1S/C13H17NO2S/c15-13(16)12-3-1-10(2-4-12)7-14-8-11-5-6-17-9-11/h1-4,11,14H,5-9H2,(H,15,16). The summed E-state index contributed by atoms with van der Waals surface area (Å²) in [7, 11) is 0. The topological polar surface area (TPSA) is 49.3 Å². The average Bonchev–Trinajstić information content (AvgIpc) is 2.83. The number of nitrogens with one attached hydrogen (secondary N) is 1. The molecule has 2 rings (SSSR count). The molecular formula is C13H17NO2S. The second-order valence-corrected chi connectivity index (χ2v) is 5.51. The van der Waals surface area contributed by atoms with Crippen molar-refractivity contribution in [1.29, 1.82) is 0 Å². The second kappa shape index (κ2) is 6.07. The van der Waals surface area contributed by atoms with Crippen LogP contribution in [0.1, 0.15) is 22.3 Å². The van der Waals surface area contributed by atoms with Gasteiger partial charge in [0.15, 0.2) is 0 Å². The molecule has 1 aliphatic heterocycles. The van der Waals surface area contributed by atoms with E-state index in [9.17, 15) is 4.79 Å². The molecule has 0 aliphatic carbocycles. The number of aromatic carboxylic acids is 1. The molecule has 0 saturated carbocycles. The number of carbonyl (C=O) groups is 1. The lowest BCUT2D eigenvalue weighted by Gasteiger charge is -2.09. The highest BCUT2D eigenvalue weighted by Crippen LogP contribution is 2.22. The summed E-state index contributed by atoms with van der Waals surface area (Å²) in [6.07, 6.45) is 1.32. The summed E-state index contributed by atoms with van der Waals surface area (Å²) in [6, 6.07) is 7.06. The molecule has 2 N–H and O–H groups in total. The van der Waals surface area contributed by atoms with Crippen LogP contribution in [0, 0.1) is 5.92 Å². The van der Waals surface area contributed by atoms with Crippen molar-refractivity contribution in [2.75, 3.05) is 18.1 Å². The van der Waals surface area contributed by atoms with E-state index in [4.69, 9.17) is 5.11 Å². The zero-order chi connectivity index (χ0) is 12.1. The van der Waals surface area contributed by atoms with Crippen LogP contribution in [0.4, 0.5) is 0 Å². The van der Waals surface area contributed by atoms with E-state index in [1.54, 1.807) is 12.1 Å². The van der Waals surface area contributed by atoms with Crippen molar-refractivity contribution in [3.63, 3.8) is 0 Å². The molecule has 0 aromatic heterocycles. The molecule has 0 spiro atoms. The van der Waals surface area contributed by atoms with Crippen LogP contribution in [0.15, 0.2) is 24.3 Å². The number of carboxylic acids is 1. The van der Waals surface area contributed by atoms with Gasteiger partial charge < -0.3 is 10.4 Å². The summed E-state index contributed by atoms with van der Waals surface area (Å²) >= 11 is 2.03. The van der Waals surface area contributed by atoms with Crippen LogP contribution >= 0.6 is 11.8 Å². The molecule has 0 amide bonds. The molecule has 1 fully saturated rings. The number of hydrogen-bond acceptors (Lipinski definition) is 3. The zero-order valence-corrected chi connectivity index (χ0v) is 10.5. The van der Waals surface area contributed by atoms with Crippen LogP contribution in [0.25, 0.3) is 0 Å². The predicted molar refractivity (Wildman–Crippen MR) is 70.5 cm³/mol. The van der Waals surface area contributed by atoms with Crippen LogP contribution in [-0.4, -0.2) is 29.1 Å². The largest absolute Gasteiger partial charge is 0.478 e. The summed E-state index contributed by atoms with van der Waals surface area (Å²) < 4.78 is 0. The van der Waals surface area contributed by atoms with Crippen LogP contribution in [0.5, 0.6) is 0 Å². The maximum Gasteiger partial charge on any atom is 0.335 e. The lowest BCUT2D eigenvalue weighted by Crippen LogP contribution is -2.22. The first-order valence-corrected chi connectivity index (χ1v) is 7.02. The van der Waals surface area contributed by atoms with Crippen LogP contribution in [0.2, 0.25) is 0 Å². The van der Waals surface area contributed by atoms with Gasteiger partial charge in [-0.2, -0.15) is 11.8 Å². The Balaban J connectivity index is 1.76. The highest BCUT2D eigenvalue weighted by molar-refractivity contribution is 7.99. The molecular weight excluding hydrogens is 234 g/mol. The Morgan fingerprint density at radius 2 is 2.18 bits per heavy atom. The highest BCUT2D eigenvalue weighted by atomic mass is 32.2. The molecule has 1 atom stereocenters. The molecule has 3 nitrogen and oxygen atoms in total. The van der Waals surface area contributed by atoms with Crippen molar-refractivity contribution >= 4 is 17.7 Å². The van der Waals surface area contributed by atoms with E-state index in [0.29, 0.717) is 5.56 Å². The van der Waals surface area contributed by atoms with Crippen LogP contribution in [0.3, 0.4) is 0 Å². The normalized spacial score (nSPS) is 19.4. The van der Waals surface area contributed by atoms with Gasteiger partial charge >= 0.3 is 5.97 Å². The SMILES string of the molecule is O=C(O)c1ccc(CNCC2CCSC2)cc1. The first kappa shape index (κ1) is 12.5. The van der Waals surface area contributed by atoms with Crippen molar-refractivity contribution in [2.45, 2.75) is 13.0 Å². The molecule has 17 heavy (non-hydrogen) atoms. The van der Waals surface area contributed by atoms with E-state index in [0.717, 1.165) is 24.6 Å². The molecule has 1 heterocycles. The van der Waals surface area contributed by atoms with Crippen molar-refractivity contribution < 1.29 is 9.90 Å². The maximum absolute atomic E-state index is 10.7. The maximum atomic E-state index is 10.7. The summed E-state index contributed by atoms with van der Waals surface area (Å²) in [5, 5.41) is 12.2. The first-order valence-electron chi connectivity index (χ1n) is 5.86. The van der Waals surface area contributed by atoms with E-state index in [1.165, 1.54) is 17.9 Å². The minimum Gasteiger partial charge on any atom is -0.478 e. The minimum absolute atomic E-state index is 0.348. The Hall–Kier alpha value is -1.00. The molecule has 0 radical (unpaired) electrons. The summed E-state index contributed by atoms with van der Waals surface area (Å²) in [6.45, 7) is 1.88. The van der Waals surface area contributed by atoms with Gasteiger partial charge in [-0.15, -0.1) is 0 Å². The van der Waals surface area contributed by atoms with Gasteiger partial charge in [-0.3, -0.25) is 0 Å². The molecule has 1 unspecified atom stereocenters. The van der Waals surface area contributed by atoms with Gasteiger partial charge in [-0.1, -0.05) is 12.1 Å². The summed E-state index contributed by atoms with van der Waals surface area (Å²) in [5.41, 5.74) is 1.49. The third kappa shape index (κ3) is 3.75. The number of thioether (sulfide) groups is 1. The van der Waals surface area contributed by atoms with Crippen molar-refractivity contribution in [3.05, 3.63) is 35.4 Å². The molecule has 1 aliphatic rings. The molecule has 1 aromatic carbocycles. The van der Waals surface area contributed by atoms with Gasteiger partial charge in [0.05, 0.1) is 5.56 Å². The number of rotatable bonds is 5. The van der Waals surface area contributed by atoms with E-state index in [2.05, 4.69) is 5.32 Å². The van der Waals surface area contributed by atoms with E-state index >= 15 is 0 Å². The molecule has 1 saturated heterocycles. The van der Waals surface area contributed by atoms with E-state index < -0.39 is 5.97 Å². The van der Waals surface area contributed by atoms with Crippen LogP contribution in [-0.2, 0) is 6.54 Å². The second-order valence-electron chi connectivity index (χ2n) is 4.36. The highest BCUT2D eigenvalue weighted by Gasteiger charge is 2.14. The smallest absolute Gasteiger partial charge is 0.335 e. The number of hydrogen-bond donors (Lipinski definition) is 2. The number of carboxylic acid groups (broad SMARTS) is 1. The Labute approximate surface area is 106 Å². The fourth-order valence-corrected chi connectivity index (χ4v) is 3.21. The Morgan fingerprint density at radius 3 is 2.76 bits per heavy atom.